The molecule has 0 aromatic carbocycles. The van der Waals surface area contributed by atoms with Gasteiger partial charge in [-0.1, -0.05) is 13.0 Å². The zero-order chi connectivity index (χ0) is 15.4. The highest BCUT2D eigenvalue weighted by Crippen LogP contribution is 2.29. The molecule has 21 heavy (non-hydrogen) atoms. The monoisotopic (exact) mass is 291 g/mol. The van der Waals surface area contributed by atoms with Crippen molar-refractivity contribution in [3.05, 3.63) is 24.4 Å². The molecular weight excluding hydrogens is 266 g/mol. The molecule has 1 aliphatic heterocycles. The minimum atomic E-state index is -0.301. The van der Waals surface area contributed by atoms with Gasteiger partial charge in [0.05, 0.1) is 6.61 Å². The maximum atomic E-state index is 12.4. The molecule has 2 heterocycles. The molecule has 3 unspecified atom stereocenters. The molecule has 1 saturated heterocycles. The van der Waals surface area contributed by atoms with Crippen molar-refractivity contribution >= 4 is 11.9 Å². The van der Waals surface area contributed by atoms with Gasteiger partial charge in [0.2, 0.25) is 0 Å². The van der Waals surface area contributed by atoms with Gasteiger partial charge in [-0.15, -0.1) is 0 Å². The first-order valence-electron chi connectivity index (χ1n) is 7.61. The number of carbonyl (C=O) groups excluding carboxylic acids is 1. The Hall–Kier alpha value is -1.62. The van der Waals surface area contributed by atoms with Gasteiger partial charge in [0.1, 0.15) is 5.82 Å². The molecule has 1 aromatic rings. The zero-order valence-electron chi connectivity index (χ0n) is 13.3. The minimum Gasteiger partial charge on any atom is -0.449 e. The summed E-state index contributed by atoms with van der Waals surface area (Å²) in [5, 5.41) is 0. The summed E-state index contributed by atoms with van der Waals surface area (Å²) in [6.45, 7) is 7.55. The smallest absolute Gasteiger partial charge is 0.415 e. The largest absolute Gasteiger partial charge is 0.449 e. The van der Waals surface area contributed by atoms with Crippen molar-refractivity contribution in [2.45, 2.75) is 39.3 Å². The van der Waals surface area contributed by atoms with Crippen LogP contribution in [0, 0.1) is 5.92 Å². The van der Waals surface area contributed by atoms with Crippen molar-refractivity contribution in [3.8, 4) is 0 Å². The molecule has 1 fully saturated rings. The second kappa shape index (κ2) is 6.89. The average molecular weight is 291 g/mol. The Labute approximate surface area is 126 Å². The number of rotatable bonds is 3. The number of ether oxygens (including phenoxy) is 1. The standard InChI is InChI=1S/C16H25N3O2/c1-5-21-16(20)19(15-8-6-7-9-17-15)14-10-13(3)18(4)11-12(14)2/h6-9,12-14H,5,10-11H2,1-4H3. The molecule has 5 nitrogen and oxygen atoms in total. The Bertz CT molecular complexity index is 466. The quantitative estimate of drug-likeness (QED) is 0.859. The summed E-state index contributed by atoms with van der Waals surface area (Å²) in [6, 6.07) is 6.18. The second-order valence-corrected chi connectivity index (χ2v) is 5.83. The minimum absolute atomic E-state index is 0.116. The van der Waals surface area contributed by atoms with Gasteiger partial charge in [-0.25, -0.2) is 9.78 Å². The predicted molar refractivity (Wildman–Crippen MR) is 83.4 cm³/mol. The second-order valence-electron chi connectivity index (χ2n) is 5.83. The Morgan fingerprint density at radius 2 is 2.24 bits per heavy atom. The number of aromatic nitrogens is 1. The normalized spacial score (nSPS) is 26.4. The number of carbonyl (C=O) groups is 1. The summed E-state index contributed by atoms with van der Waals surface area (Å²) >= 11 is 0. The maximum Gasteiger partial charge on any atom is 0.415 e. The molecule has 0 bridgehead atoms. The van der Waals surface area contributed by atoms with Gasteiger partial charge in [0, 0.05) is 24.8 Å². The molecule has 1 aliphatic rings. The van der Waals surface area contributed by atoms with Crippen LogP contribution in [0.15, 0.2) is 24.4 Å². The van der Waals surface area contributed by atoms with E-state index in [4.69, 9.17) is 4.74 Å². The number of hydrogen-bond acceptors (Lipinski definition) is 4. The van der Waals surface area contributed by atoms with Crippen LogP contribution in [0.4, 0.5) is 10.6 Å². The highest BCUT2D eigenvalue weighted by Gasteiger charge is 2.37. The third kappa shape index (κ3) is 3.53. The summed E-state index contributed by atoms with van der Waals surface area (Å²) in [4.78, 5) is 20.8. The third-order valence-electron chi connectivity index (χ3n) is 4.26. The van der Waals surface area contributed by atoms with Crippen LogP contribution in [0.5, 0.6) is 0 Å². The fraction of sp³-hybridized carbons (Fsp3) is 0.625. The Balaban J connectivity index is 2.29. The first-order valence-corrected chi connectivity index (χ1v) is 7.61. The van der Waals surface area contributed by atoms with Crippen LogP contribution in [-0.4, -0.2) is 48.3 Å². The Morgan fingerprint density at radius 1 is 1.48 bits per heavy atom. The summed E-state index contributed by atoms with van der Waals surface area (Å²) in [7, 11) is 2.13. The molecule has 0 N–H and O–H groups in total. The van der Waals surface area contributed by atoms with Crippen LogP contribution in [0.25, 0.3) is 0 Å². The SMILES string of the molecule is CCOC(=O)N(c1ccccn1)C1CC(C)N(C)CC1C. The molecule has 0 saturated carbocycles. The highest BCUT2D eigenvalue weighted by atomic mass is 16.6. The molecular formula is C16H25N3O2. The molecule has 1 aromatic heterocycles. The number of amides is 1. The first kappa shape index (κ1) is 15.8. The van der Waals surface area contributed by atoms with Crippen molar-refractivity contribution in [1.29, 1.82) is 0 Å². The van der Waals surface area contributed by atoms with Crippen LogP contribution < -0.4 is 4.90 Å². The van der Waals surface area contributed by atoms with Gasteiger partial charge in [-0.05, 0) is 45.4 Å². The molecule has 2 rings (SSSR count). The van der Waals surface area contributed by atoms with E-state index < -0.39 is 0 Å². The maximum absolute atomic E-state index is 12.4. The molecule has 0 spiro atoms. The fourth-order valence-electron chi connectivity index (χ4n) is 2.97. The van der Waals surface area contributed by atoms with Crippen LogP contribution in [-0.2, 0) is 4.74 Å². The summed E-state index contributed by atoms with van der Waals surface area (Å²) in [5.74, 6) is 1.04. The van der Waals surface area contributed by atoms with E-state index in [1.807, 2.05) is 25.1 Å². The van der Waals surface area contributed by atoms with E-state index >= 15 is 0 Å². The molecule has 1 amide bonds. The number of likely N-dealkylation sites (tertiary alicyclic amines) is 1. The van der Waals surface area contributed by atoms with Gasteiger partial charge in [0.15, 0.2) is 0 Å². The predicted octanol–water partition coefficient (Wildman–Crippen LogP) is 2.77. The van der Waals surface area contributed by atoms with Gasteiger partial charge in [-0.3, -0.25) is 4.90 Å². The summed E-state index contributed by atoms with van der Waals surface area (Å²) in [6.07, 6.45) is 2.34. The molecule has 0 radical (unpaired) electrons. The Morgan fingerprint density at radius 3 is 2.86 bits per heavy atom. The van der Waals surface area contributed by atoms with E-state index in [1.54, 1.807) is 11.1 Å². The van der Waals surface area contributed by atoms with Crippen LogP contribution in [0.1, 0.15) is 27.2 Å². The lowest BCUT2D eigenvalue weighted by Gasteiger charge is -2.43. The first-order chi connectivity index (χ1) is 10.0. The summed E-state index contributed by atoms with van der Waals surface area (Å²) < 4.78 is 5.26. The lowest BCUT2D eigenvalue weighted by molar-refractivity contribution is 0.118. The number of anilines is 1. The Kier molecular flexibility index (Phi) is 5.17. The average Bonchev–Trinajstić information content (AvgIpc) is 2.46. The van der Waals surface area contributed by atoms with Crippen molar-refractivity contribution < 1.29 is 9.53 Å². The van der Waals surface area contributed by atoms with Crippen molar-refractivity contribution in [3.63, 3.8) is 0 Å². The van der Waals surface area contributed by atoms with Gasteiger partial charge >= 0.3 is 6.09 Å². The van der Waals surface area contributed by atoms with Crippen LogP contribution in [0.3, 0.4) is 0 Å². The van der Waals surface area contributed by atoms with E-state index in [2.05, 4.69) is 30.8 Å². The number of nitrogens with zero attached hydrogens (tertiary/aromatic N) is 3. The fourth-order valence-corrected chi connectivity index (χ4v) is 2.97. The molecule has 5 heteroatoms. The lowest BCUT2D eigenvalue weighted by atomic mass is 9.88. The number of piperidine rings is 1. The van der Waals surface area contributed by atoms with E-state index in [9.17, 15) is 4.79 Å². The van der Waals surface area contributed by atoms with Crippen molar-refractivity contribution in [2.24, 2.45) is 5.92 Å². The van der Waals surface area contributed by atoms with Gasteiger partial charge in [0.25, 0.3) is 0 Å². The van der Waals surface area contributed by atoms with Gasteiger partial charge in [-0.2, -0.15) is 0 Å². The van der Waals surface area contributed by atoms with Crippen molar-refractivity contribution in [1.82, 2.24) is 9.88 Å². The zero-order valence-corrected chi connectivity index (χ0v) is 13.3. The van der Waals surface area contributed by atoms with E-state index in [-0.39, 0.29) is 12.1 Å². The third-order valence-corrected chi connectivity index (χ3v) is 4.26. The highest BCUT2D eigenvalue weighted by molar-refractivity contribution is 5.87. The topological polar surface area (TPSA) is 45.7 Å². The van der Waals surface area contributed by atoms with Gasteiger partial charge < -0.3 is 9.64 Å². The molecule has 0 aliphatic carbocycles. The lowest BCUT2D eigenvalue weighted by Crippen LogP contribution is -2.54. The number of hydrogen-bond donors (Lipinski definition) is 0. The summed E-state index contributed by atoms with van der Waals surface area (Å²) in [5.41, 5.74) is 0. The van der Waals surface area contributed by atoms with E-state index in [1.165, 1.54) is 0 Å². The van der Waals surface area contributed by atoms with E-state index in [0.29, 0.717) is 24.4 Å². The van der Waals surface area contributed by atoms with Crippen molar-refractivity contribution in [2.75, 3.05) is 25.1 Å². The number of pyridine rings is 1. The molecule has 116 valence electrons. The molecule has 3 atom stereocenters. The van der Waals surface area contributed by atoms with Crippen LogP contribution in [0.2, 0.25) is 0 Å². The van der Waals surface area contributed by atoms with E-state index in [0.717, 1.165) is 13.0 Å². The van der Waals surface area contributed by atoms with Crippen LogP contribution >= 0.6 is 0 Å².